The summed E-state index contributed by atoms with van der Waals surface area (Å²) in [5.74, 6) is 1.65. The minimum Gasteiger partial charge on any atom is -0.491 e. The lowest BCUT2D eigenvalue weighted by Gasteiger charge is -2.13. The maximum atomic E-state index is 5.83. The van der Waals surface area contributed by atoms with Crippen LogP contribution in [-0.2, 0) is 16.0 Å². The molecule has 0 saturated heterocycles. The zero-order valence-electron chi connectivity index (χ0n) is 17.2. The number of rotatable bonds is 13. The van der Waals surface area contributed by atoms with Crippen molar-refractivity contribution in [2.45, 2.75) is 40.2 Å². The monoisotopic (exact) mass is 493 g/mol. The Labute approximate surface area is 181 Å². The van der Waals surface area contributed by atoms with Gasteiger partial charge in [-0.05, 0) is 31.9 Å². The van der Waals surface area contributed by atoms with E-state index in [1.165, 1.54) is 5.56 Å². The Kier molecular flexibility index (Phi) is 16.4. The van der Waals surface area contributed by atoms with Crippen LogP contribution in [0, 0.1) is 6.92 Å². The molecular weight excluding hydrogens is 457 g/mol. The molecule has 27 heavy (non-hydrogen) atoms. The van der Waals surface area contributed by atoms with Crippen molar-refractivity contribution in [3.05, 3.63) is 29.3 Å². The summed E-state index contributed by atoms with van der Waals surface area (Å²) in [7, 11) is 1.67. The summed E-state index contributed by atoms with van der Waals surface area (Å²) in [6.45, 7) is 11.0. The van der Waals surface area contributed by atoms with Gasteiger partial charge in [-0.1, -0.05) is 25.5 Å². The third-order valence-electron chi connectivity index (χ3n) is 3.70. The summed E-state index contributed by atoms with van der Waals surface area (Å²) < 4.78 is 16.5. The van der Waals surface area contributed by atoms with Crippen LogP contribution >= 0.6 is 24.0 Å². The molecule has 0 aliphatic carbocycles. The number of nitrogens with zero attached hydrogens (tertiary/aromatic N) is 1. The molecule has 0 fully saturated rings. The van der Waals surface area contributed by atoms with E-state index in [4.69, 9.17) is 14.2 Å². The highest BCUT2D eigenvalue weighted by Gasteiger charge is 2.05. The summed E-state index contributed by atoms with van der Waals surface area (Å²) in [6, 6.07) is 6.19. The van der Waals surface area contributed by atoms with E-state index in [9.17, 15) is 0 Å². The van der Waals surface area contributed by atoms with Crippen molar-refractivity contribution in [1.82, 2.24) is 10.6 Å². The van der Waals surface area contributed by atoms with E-state index in [1.54, 1.807) is 7.11 Å². The Hall–Kier alpha value is -1.06. The molecule has 7 heteroatoms. The summed E-state index contributed by atoms with van der Waals surface area (Å²) >= 11 is 0. The summed E-state index contributed by atoms with van der Waals surface area (Å²) in [5.41, 5.74) is 2.22. The van der Waals surface area contributed by atoms with Crippen molar-refractivity contribution in [2.24, 2.45) is 4.99 Å². The van der Waals surface area contributed by atoms with Crippen LogP contribution in [0.4, 0.5) is 0 Å². The Morgan fingerprint density at radius 2 is 1.89 bits per heavy atom. The fourth-order valence-corrected chi connectivity index (χ4v) is 2.26. The van der Waals surface area contributed by atoms with Crippen molar-refractivity contribution in [2.75, 3.05) is 46.6 Å². The molecule has 1 aromatic rings. The molecule has 0 heterocycles. The predicted molar refractivity (Wildman–Crippen MR) is 123 cm³/mol. The van der Waals surface area contributed by atoms with Crippen molar-refractivity contribution >= 4 is 29.9 Å². The average molecular weight is 493 g/mol. The van der Waals surface area contributed by atoms with E-state index in [1.807, 2.05) is 6.07 Å². The zero-order valence-corrected chi connectivity index (χ0v) is 19.5. The molecule has 0 saturated carbocycles. The molecule has 1 rings (SSSR count). The standard InChI is InChI=1S/C20H35N3O3.HI/c1-5-7-11-25-12-10-22-20(21-6-2)23-16-18-9-8-17(3)15-19(18)26-14-13-24-4;/h8-9,15H,5-7,10-14,16H2,1-4H3,(H2,21,22,23);1H. The number of nitrogens with one attached hydrogen (secondary N) is 2. The van der Waals surface area contributed by atoms with Crippen LogP contribution in [-0.4, -0.2) is 52.6 Å². The molecule has 0 aliphatic rings. The van der Waals surface area contributed by atoms with Gasteiger partial charge in [0.2, 0.25) is 0 Å². The van der Waals surface area contributed by atoms with Crippen LogP contribution in [0.2, 0.25) is 0 Å². The summed E-state index contributed by atoms with van der Waals surface area (Å²) in [5, 5.41) is 6.56. The van der Waals surface area contributed by atoms with Gasteiger partial charge >= 0.3 is 0 Å². The van der Waals surface area contributed by atoms with Gasteiger partial charge in [0.05, 0.1) is 19.8 Å². The minimum atomic E-state index is 0. The molecule has 0 aliphatic heterocycles. The number of halogens is 1. The van der Waals surface area contributed by atoms with Gasteiger partial charge in [0.1, 0.15) is 12.4 Å². The highest BCUT2D eigenvalue weighted by molar-refractivity contribution is 14.0. The number of unbranched alkanes of at least 4 members (excludes halogenated alkanes) is 1. The fourth-order valence-electron chi connectivity index (χ4n) is 2.26. The summed E-state index contributed by atoms with van der Waals surface area (Å²) in [6.07, 6.45) is 2.26. The topological polar surface area (TPSA) is 64.1 Å². The molecule has 0 radical (unpaired) electrons. The number of hydrogen-bond donors (Lipinski definition) is 2. The second-order valence-electron chi connectivity index (χ2n) is 6.04. The lowest BCUT2D eigenvalue weighted by Crippen LogP contribution is -2.39. The van der Waals surface area contributed by atoms with Gasteiger partial charge < -0.3 is 24.8 Å². The highest BCUT2D eigenvalue weighted by Crippen LogP contribution is 2.21. The lowest BCUT2D eigenvalue weighted by molar-refractivity contribution is 0.136. The first-order valence-corrected chi connectivity index (χ1v) is 9.52. The number of methoxy groups -OCH3 is 1. The van der Waals surface area contributed by atoms with Crippen LogP contribution in [0.15, 0.2) is 23.2 Å². The van der Waals surface area contributed by atoms with E-state index in [0.29, 0.717) is 26.4 Å². The molecule has 156 valence electrons. The van der Waals surface area contributed by atoms with E-state index in [0.717, 1.165) is 49.8 Å². The van der Waals surface area contributed by atoms with Crippen molar-refractivity contribution < 1.29 is 14.2 Å². The molecule has 0 aromatic heterocycles. The highest BCUT2D eigenvalue weighted by atomic mass is 127. The Bertz CT molecular complexity index is 527. The van der Waals surface area contributed by atoms with Gasteiger partial charge in [0.25, 0.3) is 0 Å². The first kappa shape index (κ1) is 25.9. The van der Waals surface area contributed by atoms with E-state index >= 15 is 0 Å². The largest absolute Gasteiger partial charge is 0.491 e. The molecule has 0 unspecified atom stereocenters. The number of hydrogen-bond acceptors (Lipinski definition) is 4. The number of aliphatic imine (C=N–C) groups is 1. The van der Waals surface area contributed by atoms with Gasteiger partial charge in [0.15, 0.2) is 5.96 Å². The number of aryl methyl sites for hydroxylation is 1. The fraction of sp³-hybridized carbons (Fsp3) is 0.650. The summed E-state index contributed by atoms with van der Waals surface area (Å²) in [4.78, 5) is 4.66. The normalized spacial score (nSPS) is 11.0. The molecule has 1 aromatic carbocycles. The predicted octanol–water partition coefficient (Wildman–Crippen LogP) is 3.51. The minimum absolute atomic E-state index is 0. The SMILES string of the molecule is CCCCOCCNC(=NCc1ccc(C)cc1OCCOC)NCC.I. The lowest BCUT2D eigenvalue weighted by atomic mass is 10.1. The van der Waals surface area contributed by atoms with Crippen LogP contribution in [0.1, 0.15) is 37.8 Å². The molecule has 0 amide bonds. The molecule has 6 nitrogen and oxygen atoms in total. The molecule has 0 spiro atoms. The molecule has 2 N–H and O–H groups in total. The van der Waals surface area contributed by atoms with Crippen molar-refractivity contribution in [3.8, 4) is 5.75 Å². The zero-order chi connectivity index (χ0) is 19.0. The first-order chi connectivity index (χ1) is 12.7. The van der Waals surface area contributed by atoms with Gasteiger partial charge in [-0.25, -0.2) is 4.99 Å². The third kappa shape index (κ3) is 12.1. The van der Waals surface area contributed by atoms with Gasteiger partial charge in [-0.3, -0.25) is 0 Å². The van der Waals surface area contributed by atoms with Gasteiger partial charge in [0, 0.05) is 32.4 Å². The van der Waals surface area contributed by atoms with Gasteiger partial charge in [-0.15, -0.1) is 24.0 Å². The first-order valence-electron chi connectivity index (χ1n) is 9.52. The molecule has 0 bridgehead atoms. The van der Waals surface area contributed by atoms with Crippen LogP contribution < -0.4 is 15.4 Å². The number of ether oxygens (including phenoxy) is 3. The maximum absolute atomic E-state index is 5.83. The Morgan fingerprint density at radius 1 is 1.07 bits per heavy atom. The second-order valence-corrected chi connectivity index (χ2v) is 6.04. The Morgan fingerprint density at radius 3 is 2.59 bits per heavy atom. The molecule has 0 atom stereocenters. The van der Waals surface area contributed by atoms with Crippen LogP contribution in [0.3, 0.4) is 0 Å². The number of benzene rings is 1. The maximum Gasteiger partial charge on any atom is 0.191 e. The smallest absolute Gasteiger partial charge is 0.191 e. The third-order valence-corrected chi connectivity index (χ3v) is 3.70. The quantitative estimate of drug-likeness (QED) is 0.191. The van der Waals surface area contributed by atoms with Gasteiger partial charge in [-0.2, -0.15) is 0 Å². The number of guanidine groups is 1. The average Bonchev–Trinajstić information content (AvgIpc) is 2.63. The molecular formula is C20H36IN3O3. The van der Waals surface area contributed by atoms with E-state index < -0.39 is 0 Å². The van der Waals surface area contributed by atoms with E-state index in [-0.39, 0.29) is 24.0 Å². The second kappa shape index (κ2) is 17.1. The Balaban J connectivity index is 0.00000676. The van der Waals surface area contributed by atoms with E-state index in [2.05, 4.69) is 48.5 Å². The van der Waals surface area contributed by atoms with Crippen LogP contribution in [0.5, 0.6) is 5.75 Å². The van der Waals surface area contributed by atoms with Crippen molar-refractivity contribution in [1.29, 1.82) is 0 Å². The van der Waals surface area contributed by atoms with Crippen molar-refractivity contribution in [3.63, 3.8) is 0 Å². The van der Waals surface area contributed by atoms with Crippen LogP contribution in [0.25, 0.3) is 0 Å².